The van der Waals surface area contributed by atoms with E-state index in [9.17, 15) is 19.3 Å². The monoisotopic (exact) mass is 481 g/mol. The molecule has 178 valence electrons. The SMILES string of the molecule is CC(=O)O/N=C(\c1ccccc1F)c1ccc(C)cc1-n1c2ccccc2c2cc([N+](=O)[O-])ccc21. The van der Waals surface area contributed by atoms with Gasteiger partial charge in [-0.1, -0.05) is 47.6 Å². The molecule has 0 N–H and O–H groups in total. The molecular weight excluding hydrogens is 461 g/mol. The van der Waals surface area contributed by atoms with Gasteiger partial charge in [-0.05, 0) is 42.8 Å². The molecule has 0 unspecified atom stereocenters. The molecule has 0 spiro atoms. The molecule has 4 aromatic carbocycles. The number of nitro groups is 1. The number of oxime groups is 1. The molecule has 0 radical (unpaired) electrons. The van der Waals surface area contributed by atoms with Gasteiger partial charge in [0.25, 0.3) is 5.69 Å². The molecule has 5 rings (SSSR count). The van der Waals surface area contributed by atoms with Crippen LogP contribution in [-0.4, -0.2) is 21.2 Å². The number of carbonyl (C=O) groups is 1. The van der Waals surface area contributed by atoms with Crippen LogP contribution in [0.2, 0.25) is 0 Å². The fourth-order valence-electron chi connectivity index (χ4n) is 4.37. The molecule has 0 atom stereocenters. The van der Waals surface area contributed by atoms with E-state index in [0.29, 0.717) is 16.6 Å². The second-order valence-electron chi connectivity index (χ2n) is 8.33. The van der Waals surface area contributed by atoms with E-state index in [1.54, 1.807) is 36.4 Å². The van der Waals surface area contributed by atoms with Crippen LogP contribution in [0, 0.1) is 22.9 Å². The summed E-state index contributed by atoms with van der Waals surface area (Å²) in [6, 6.07) is 24.0. The first kappa shape index (κ1) is 22.9. The van der Waals surface area contributed by atoms with E-state index in [2.05, 4.69) is 5.16 Å². The Hall–Kier alpha value is -4.85. The van der Waals surface area contributed by atoms with Gasteiger partial charge in [-0.2, -0.15) is 0 Å². The normalized spacial score (nSPS) is 11.7. The largest absolute Gasteiger partial charge is 0.332 e. The summed E-state index contributed by atoms with van der Waals surface area (Å²) in [5.74, 6) is -1.16. The molecule has 8 heteroatoms. The van der Waals surface area contributed by atoms with E-state index in [1.165, 1.54) is 19.1 Å². The van der Waals surface area contributed by atoms with Gasteiger partial charge < -0.3 is 9.40 Å². The van der Waals surface area contributed by atoms with Crippen molar-refractivity contribution in [1.82, 2.24) is 4.57 Å². The number of hydrogen-bond donors (Lipinski definition) is 0. The molecule has 0 amide bonds. The van der Waals surface area contributed by atoms with Crippen LogP contribution in [0.25, 0.3) is 27.5 Å². The first-order valence-electron chi connectivity index (χ1n) is 11.1. The third-order valence-electron chi connectivity index (χ3n) is 5.91. The average Bonchev–Trinajstić information content (AvgIpc) is 3.19. The fourth-order valence-corrected chi connectivity index (χ4v) is 4.37. The molecule has 0 fully saturated rings. The van der Waals surface area contributed by atoms with E-state index in [0.717, 1.165) is 22.0 Å². The zero-order valence-electron chi connectivity index (χ0n) is 19.4. The van der Waals surface area contributed by atoms with Crippen LogP contribution < -0.4 is 0 Å². The number of hydrogen-bond acceptors (Lipinski definition) is 5. The number of nitrogens with zero attached hydrogens (tertiary/aromatic N) is 3. The van der Waals surface area contributed by atoms with Crippen molar-refractivity contribution in [3.63, 3.8) is 0 Å². The smallest absolute Gasteiger partial charge is 0.318 e. The molecule has 1 aromatic heterocycles. The standard InChI is InChI=1S/C28H20FN3O4/c1-17-11-13-22(28(30-36-18(2)33)21-8-3-5-9-24(21)29)27(15-17)31-25-10-6-4-7-20(25)23-16-19(32(34)35)12-14-26(23)31/h3-16H,1-2H3/b30-28+. The maximum atomic E-state index is 14.9. The van der Waals surface area contributed by atoms with Gasteiger partial charge >= 0.3 is 5.97 Å². The molecule has 1 heterocycles. The quantitative estimate of drug-likeness (QED) is 0.125. The van der Waals surface area contributed by atoms with Crippen molar-refractivity contribution >= 4 is 39.2 Å². The summed E-state index contributed by atoms with van der Waals surface area (Å²) in [5.41, 5.74) is 3.94. The molecule has 0 aliphatic carbocycles. The molecule has 0 aliphatic heterocycles. The molecule has 0 saturated carbocycles. The van der Waals surface area contributed by atoms with Gasteiger partial charge in [0, 0.05) is 41.0 Å². The first-order valence-corrected chi connectivity index (χ1v) is 11.1. The number of para-hydroxylation sites is 1. The van der Waals surface area contributed by atoms with E-state index < -0.39 is 16.7 Å². The predicted octanol–water partition coefficient (Wildman–Crippen LogP) is 6.45. The summed E-state index contributed by atoms with van der Waals surface area (Å²) in [5, 5.41) is 17.0. The van der Waals surface area contributed by atoms with Gasteiger partial charge in [-0.15, -0.1) is 0 Å². The average molecular weight is 481 g/mol. The second kappa shape index (κ2) is 9.07. The van der Waals surface area contributed by atoms with Crippen LogP contribution in [0.15, 0.2) is 90.1 Å². The Balaban J connectivity index is 1.87. The summed E-state index contributed by atoms with van der Waals surface area (Å²) in [6.07, 6.45) is 0. The van der Waals surface area contributed by atoms with Crippen LogP contribution in [0.5, 0.6) is 0 Å². The zero-order chi connectivity index (χ0) is 25.4. The van der Waals surface area contributed by atoms with Gasteiger partial charge in [-0.25, -0.2) is 9.18 Å². The van der Waals surface area contributed by atoms with E-state index in [-0.39, 0.29) is 17.0 Å². The van der Waals surface area contributed by atoms with Crippen molar-refractivity contribution in [2.45, 2.75) is 13.8 Å². The summed E-state index contributed by atoms with van der Waals surface area (Å²) >= 11 is 0. The van der Waals surface area contributed by atoms with Crippen LogP contribution in [0.3, 0.4) is 0 Å². The minimum absolute atomic E-state index is 0.0154. The summed E-state index contributed by atoms with van der Waals surface area (Å²) in [7, 11) is 0. The number of carbonyl (C=O) groups excluding carboxylic acids is 1. The Morgan fingerprint density at radius 2 is 1.64 bits per heavy atom. The molecule has 36 heavy (non-hydrogen) atoms. The fraction of sp³-hybridized carbons (Fsp3) is 0.0714. The Kier molecular flexibility index (Phi) is 5.77. The lowest BCUT2D eigenvalue weighted by Gasteiger charge is -2.16. The summed E-state index contributed by atoms with van der Waals surface area (Å²) in [4.78, 5) is 27.6. The number of halogens is 1. The molecular formula is C28H20FN3O4. The van der Waals surface area contributed by atoms with E-state index in [4.69, 9.17) is 4.84 Å². The van der Waals surface area contributed by atoms with Gasteiger partial charge in [0.1, 0.15) is 11.5 Å². The van der Waals surface area contributed by atoms with Crippen LogP contribution >= 0.6 is 0 Å². The van der Waals surface area contributed by atoms with Crippen molar-refractivity contribution in [3.8, 4) is 5.69 Å². The minimum Gasteiger partial charge on any atom is -0.318 e. The van der Waals surface area contributed by atoms with Crippen molar-refractivity contribution in [3.05, 3.63) is 118 Å². The molecule has 0 bridgehead atoms. The summed E-state index contributed by atoms with van der Waals surface area (Å²) < 4.78 is 16.9. The molecule has 0 saturated heterocycles. The molecule has 0 aliphatic rings. The third-order valence-corrected chi connectivity index (χ3v) is 5.91. The Morgan fingerprint density at radius 1 is 0.917 bits per heavy atom. The number of rotatable bonds is 5. The maximum absolute atomic E-state index is 14.9. The highest BCUT2D eigenvalue weighted by molar-refractivity contribution is 6.17. The van der Waals surface area contributed by atoms with Crippen molar-refractivity contribution in [1.29, 1.82) is 0 Å². The lowest BCUT2D eigenvalue weighted by molar-refractivity contribution is -0.384. The van der Waals surface area contributed by atoms with Gasteiger partial charge in [0.2, 0.25) is 0 Å². The van der Waals surface area contributed by atoms with Crippen LogP contribution in [0.4, 0.5) is 10.1 Å². The summed E-state index contributed by atoms with van der Waals surface area (Å²) in [6.45, 7) is 3.15. The molecule has 5 aromatic rings. The zero-order valence-corrected chi connectivity index (χ0v) is 19.4. The lowest BCUT2D eigenvalue weighted by atomic mass is 9.98. The first-order chi connectivity index (χ1) is 17.3. The van der Waals surface area contributed by atoms with Crippen LogP contribution in [0.1, 0.15) is 23.6 Å². The Labute approximate surface area is 205 Å². The highest BCUT2D eigenvalue weighted by atomic mass is 19.1. The number of fused-ring (bicyclic) bond motifs is 3. The maximum Gasteiger partial charge on any atom is 0.332 e. The number of benzene rings is 4. The van der Waals surface area contributed by atoms with Crippen molar-refractivity contribution < 1.29 is 18.9 Å². The Morgan fingerprint density at radius 3 is 2.39 bits per heavy atom. The number of non-ortho nitro benzene ring substituents is 1. The second-order valence-corrected chi connectivity index (χ2v) is 8.33. The topological polar surface area (TPSA) is 86.7 Å². The van der Waals surface area contributed by atoms with E-state index >= 15 is 0 Å². The Bertz CT molecular complexity index is 1700. The van der Waals surface area contributed by atoms with Gasteiger partial charge in [0.15, 0.2) is 0 Å². The van der Waals surface area contributed by atoms with Crippen LogP contribution in [-0.2, 0) is 9.63 Å². The third kappa shape index (κ3) is 3.98. The highest BCUT2D eigenvalue weighted by Gasteiger charge is 2.22. The minimum atomic E-state index is -0.637. The predicted molar refractivity (Wildman–Crippen MR) is 136 cm³/mol. The number of aromatic nitrogens is 1. The van der Waals surface area contributed by atoms with Crippen molar-refractivity contribution in [2.24, 2.45) is 5.16 Å². The lowest BCUT2D eigenvalue weighted by Crippen LogP contribution is -2.12. The van der Waals surface area contributed by atoms with Gasteiger partial charge in [-0.3, -0.25) is 10.1 Å². The van der Waals surface area contributed by atoms with Crippen molar-refractivity contribution in [2.75, 3.05) is 0 Å². The number of aryl methyl sites for hydroxylation is 1. The highest BCUT2D eigenvalue weighted by Crippen LogP contribution is 2.36. The van der Waals surface area contributed by atoms with E-state index in [1.807, 2.05) is 47.9 Å². The number of nitro benzene ring substituents is 1. The molecule has 7 nitrogen and oxygen atoms in total. The van der Waals surface area contributed by atoms with Gasteiger partial charge in [0.05, 0.1) is 21.6 Å².